The van der Waals surface area contributed by atoms with E-state index >= 15 is 0 Å². The van der Waals surface area contributed by atoms with Gasteiger partial charge in [-0.2, -0.15) is 0 Å². The first-order valence-corrected chi connectivity index (χ1v) is 9.91. The molecule has 1 aromatic heterocycles. The van der Waals surface area contributed by atoms with E-state index in [0.29, 0.717) is 24.3 Å². The highest BCUT2D eigenvalue weighted by molar-refractivity contribution is 5.88. The predicted octanol–water partition coefficient (Wildman–Crippen LogP) is 0.462. The number of quaternary nitrogens is 1. The zero-order chi connectivity index (χ0) is 20.1. The summed E-state index contributed by atoms with van der Waals surface area (Å²) in [6, 6.07) is 5.18. The van der Waals surface area contributed by atoms with Crippen LogP contribution in [0.15, 0.2) is 27.4 Å². The van der Waals surface area contributed by atoms with E-state index in [1.807, 2.05) is 26.0 Å². The first-order valence-electron chi connectivity index (χ1n) is 9.91. The third-order valence-corrected chi connectivity index (χ3v) is 5.07. The fraction of sp³-hybridized carbons (Fsp3) is 0.524. The van der Waals surface area contributed by atoms with E-state index in [1.54, 1.807) is 6.92 Å². The largest absolute Gasteiger partial charge is 0.480 e. The van der Waals surface area contributed by atoms with Crippen LogP contribution in [-0.4, -0.2) is 51.4 Å². The number of benzene rings is 1. The SMILES string of the molecule is CCc1cc(=O)oc2cc(C)cc(O[C@H](C)C(=O)NCC[NH+]3CCOCC3)c12. The van der Waals surface area contributed by atoms with Gasteiger partial charge in [0.25, 0.3) is 5.91 Å². The molecule has 7 nitrogen and oxygen atoms in total. The molecular formula is C21H29N2O5+. The minimum absolute atomic E-state index is 0.155. The quantitative estimate of drug-likeness (QED) is 0.673. The van der Waals surface area contributed by atoms with E-state index in [2.05, 4.69) is 5.32 Å². The van der Waals surface area contributed by atoms with Crippen molar-refractivity contribution in [3.8, 4) is 5.75 Å². The van der Waals surface area contributed by atoms with Crippen LogP contribution in [0.1, 0.15) is 25.0 Å². The van der Waals surface area contributed by atoms with Gasteiger partial charge in [0.1, 0.15) is 24.4 Å². The molecule has 2 aromatic rings. The Morgan fingerprint density at radius 2 is 2.04 bits per heavy atom. The number of hydrogen-bond acceptors (Lipinski definition) is 5. The van der Waals surface area contributed by atoms with Crippen molar-refractivity contribution < 1.29 is 23.6 Å². The smallest absolute Gasteiger partial charge is 0.336 e. The standard InChI is InChI=1S/C21H28N2O5/c1-4-16-13-19(24)28-18-12-14(2)11-17(20(16)18)27-15(3)21(25)22-5-6-23-7-9-26-10-8-23/h11-13,15H,4-10H2,1-3H3,(H,22,25)/p+1/t15-/m1/s1. The Hall–Kier alpha value is -2.38. The lowest BCUT2D eigenvalue weighted by atomic mass is 10.0. The Kier molecular flexibility index (Phi) is 6.70. The molecule has 152 valence electrons. The van der Waals surface area contributed by atoms with Crippen LogP contribution in [0.3, 0.4) is 0 Å². The third-order valence-electron chi connectivity index (χ3n) is 5.07. The second-order valence-electron chi connectivity index (χ2n) is 7.24. The first kappa shape index (κ1) is 20.4. The van der Waals surface area contributed by atoms with Crippen LogP contribution < -0.4 is 20.6 Å². The number of hydrogen-bond donors (Lipinski definition) is 2. The first-order chi connectivity index (χ1) is 13.5. The van der Waals surface area contributed by atoms with Crippen molar-refractivity contribution in [2.45, 2.75) is 33.3 Å². The molecule has 1 aromatic carbocycles. The second kappa shape index (κ2) is 9.21. The average molecular weight is 389 g/mol. The molecule has 0 aliphatic carbocycles. The van der Waals surface area contributed by atoms with Gasteiger partial charge in [0.05, 0.1) is 31.7 Å². The highest BCUT2D eigenvalue weighted by Crippen LogP contribution is 2.30. The summed E-state index contributed by atoms with van der Waals surface area (Å²) in [6.07, 6.45) is 0.0195. The van der Waals surface area contributed by atoms with E-state index in [0.717, 1.165) is 49.4 Å². The van der Waals surface area contributed by atoms with Crippen molar-refractivity contribution in [1.29, 1.82) is 0 Å². The summed E-state index contributed by atoms with van der Waals surface area (Å²) in [6.45, 7) is 10.6. The molecule has 1 atom stereocenters. The molecule has 7 heteroatoms. The van der Waals surface area contributed by atoms with Gasteiger partial charge in [-0.25, -0.2) is 4.79 Å². The van der Waals surface area contributed by atoms with Crippen LogP contribution in [0.2, 0.25) is 0 Å². The lowest BCUT2D eigenvalue weighted by Crippen LogP contribution is -3.14. The Morgan fingerprint density at radius 1 is 1.29 bits per heavy atom. The number of ether oxygens (including phenoxy) is 2. The lowest BCUT2D eigenvalue weighted by Gasteiger charge is -2.24. The zero-order valence-corrected chi connectivity index (χ0v) is 16.8. The fourth-order valence-electron chi connectivity index (χ4n) is 3.50. The number of morpholine rings is 1. The molecular weight excluding hydrogens is 360 g/mol. The summed E-state index contributed by atoms with van der Waals surface area (Å²) in [5, 5.41) is 3.71. The van der Waals surface area contributed by atoms with E-state index in [9.17, 15) is 9.59 Å². The minimum atomic E-state index is -0.652. The topological polar surface area (TPSA) is 82.2 Å². The Balaban J connectivity index is 1.68. The van der Waals surface area contributed by atoms with Crippen LogP contribution in [0.25, 0.3) is 11.0 Å². The molecule has 0 spiro atoms. The van der Waals surface area contributed by atoms with Gasteiger partial charge in [0, 0.05) is 6.07 Å². The van der Waals surface area contributed by atoms with Crippen LogP contribution in [0.4, 0.5) is 0 Å². The van der Waals surface area contributed by atoms with Crippen molar-refractivity contribution in [2.75, 3.05) is 39.4 Å². The lowest BCUT2D eigenvalue weighted by molar-refractivity contribution is -0.906. The van der Waals surface area contributed by atoms with E-state index in [-0.39, 0.29) is 11.5 Å². The van der Waals surface area contributed by atoms with Crippen molar-refractivity contribution >= 4 is 16.9 Å². The molecule has 1 amide bonds. The number of fused-ring (bicyclic) bond motifs is 1. The average Bonchev–Trinajstić information content (AvgIpc) is 2.67. The molecule has 1 aliphatic heterocycles. The second-order valence-corrected chi connectivity index (χ2v) is 7.24. The number of rotatable bonds is 7. The maximum absolute atomic E-state index is 12.5. The summed E-state index contributed by atoms with van der Waals surface area (Å²) in [4.78, 5) is 25.7. The maximum Gasteiger partial charge on any atom is 0.336 e. The van der Waals surface area contributed by atoms with Crippen LogP contribution in [0, 0.1) is 6.92 Å². The van der Waals surface area contributed by atoms with Gasteiger partial charge in [-0.1, -0.05) is 6.92 Å². The van der Waals surface area contributed by atoms with Crippen LogP contribution in [0.5, 0.6) is 5.75 Å². The van der Waals surface area contributed by atoms with Gasteiger partial charge in [0.2, 0.25) is 0 Å². The normalized spacial score (nSPS) is 16.1. The Bertz CT molecular complexity index is 886. The number of amides is 1. The summed E-state index contributed by atoms with van der Waals surface area (Å²) >= 11 is 0. The van der Waals surface area contributed by atoms with Gasteiger partial charge in [0.15, 0.2) is 6.10 Å². The highest BCUT2D eigenvalue weighted by atomic mass is 16.5. The van der Waals surface area contributed by atoms with Crippen molar-refractivity contribution in [2.24, 2.45) is 0 Å². The predicted molar refractivity (Wildman–Crippen MR) is 106 cm³/mol. The zero-order valence-electron chi connectivity index (χ0n) is 16.8. The third kappa shape index (κ3) is 4.91. The molecule has 2 heterocycles. The molecule has 0 saturated carbocycles. The fourth-order valence-corrected chi connectivity index (χ4v) is 3.50. The van der Waals surface area contributed by atoms with Crippen molar-refractivity contribution in [3.63, 3.8) is 0 Å². The summed E-state index contributed by atoms with van der Waals surface area (Å²) in [5.74, 6) is 0.412. The molecule has 1 aliphatic rings. The Labute approximate surface area is 164 Å². The number of carbonyl (C=O) groups excluding carboxylic acids is 1. The molecule has 0 radical (unpaired) electrons. The Morgan fingerprint density at radius 3 is 2.75 bits per heavy atom. The van der Waals surface area contributed by atoms with Gasteiger partial charge in [-0.15, -0.1) is 0 Å². The summed E-state index contributed by atoms with van der Waals surface area (Å²) in [7, 11) is 0. The molecule has 0 bridgehead atoms. The van der Waals surface area contributed by atoms with Crippen LogP contribution in [-0.2, 0) is 16.0 Å². The van der Waals surface area contributed by atoms with Crippen molar-refractivity contribution in [1.82, 2.24) is 5.32 Å². The molecule has 1 fully saturated rings. The molecule has 0 unspecified atom stereocenters. The number of nitrogens with one attached hydrogen (secondary N) is 2. The van der Waals surface area contributed by atoms with Crippen LogP contribution >= 0.6 is 0 Å². The monoisotopic (exact) mass is 389 g/mol. The van der Waals surface area contributed by atoms with Gasteiger partial charge >= 0.3 is 5.63 Å². The molecule has 1 saturated heterocycles. The van der Waals surface area contributed by atoms with E-state index < -0.39 is 6.10 Å². The number of carbonyl (C=O) groups is 1. The summed E-state index contributed by atoms with van der Waals surface area (Å²) in [5.41, 5.74) is 1.87. The molecule has 3 rings (SSSR count). The van der Waals surface area contributed by atoms with Crippen molar-refractivity contribution in [3.05, 3.63) is 39.7 Å². The number of aryl methyl sites for hydroxylation is 2. The summed E-state index contributed by atoms with van der Waals surface area (Å²) < 4.78 is 16.7. The molecule has 2 N–H and O–H groups in total. The van der Waals surface area contributed by atoms with Gasteiger partial charge < -0.3 is 24.1 Å². The minimum Gasteiger partial charge on any atom is -0.480 e. The van der Waals surface area contributed by atoms with E-state index in [1.165, 1.54) is 11.0 Å². The maximum atomic E-state index is 12.5. The highest BCUT2D eigenvalue weighted by Gasteiger charge is 2.19. The molecule has 28 heavy (non-hydrogen) atoms. The van der Waals surface area contributed by atoms with E-state index in [4.69, 9.17) is 13.9 Å². The van der Waals surface area contributed by atoms with Gasteiger partial charge in [-0.05, 0) is 43.5 Å². The van der Waals surface area contributed by atoms with Gasteiger partial charge in [-0.3, -0.25) is 4.79 Å².